The zero-order chi connectivity index (χ0) is 16.1. The van der Waals surface area contributed by atoms with Crippen molar-refractivity contribution in [1.29, 1.82) is 0 Å². The van der Waals surface area contributed by atoms with E-state index in [0.29, 0.717) is 6.54 Å². The molecule has 2 aromatic heterocycles. The number of aryl methyl sites for hydroxylation is 1. The van der Waals surface area contributed by atoms with Crippen molar-refractivity contribution in [2.45, 2.75) is 25.9 Å². The summed E-state index contributed by atoms with van der Waals surface area (Å²) in [6.07, 6.45) is 4.44. The molecule has 118 valence electrons. The van der Waals surface area contributed by atoms with E-state index in [4.69, 9.17) is 4.42 Å². The van der Waals surface area contributed by atoms with Crippen LogP contribution in [0.3, 0.4) is 0 Å². The predicted octanol–water partition coefficient (Wildman–Crippen LogP) is 4.26. The molecule has 2 heterocycles. The quantitative estimate of drug-likeness (QED) is 0.739. The first-order chi connectivity index (χ1) is 11.3. The lowest BCUT2D eigenvalue weighted by Gasteiger charge is -2.19. The maximum atomic E-state index is 13.2. The van der Waals surface area contributed by atoms with Gasteiger partial charge in [-0.1, -0.05) is 25.1 Å². The van der Waals surface area contributed by atoms with Crippen LogP contribution in [0.25, 0.3) is 0 Å². The standard InChI is InChI=1S/C19H19FN2O/c1-2-17-9-10-18(23-17)13-22-19(15-4-3-11-21-12-15)14-5-7-16(20)8-6-14/h3-12,19,22H,2,13H2,1H3/t19-/m1/s1. The number of pyridine rings is 1. The monoisotopic (exact) mass is 310 g/mol. The Bertz CT molecular complexity index is 738. The van der Waals surface area contributed by atoms with Crippen LogP contribution in [0, 0.1) is 5.82 Å². The first-order valence-corrected chi connectivity index (χ1v) is 7.72. The number of nitrogens with one attached hydrogen (secondary N) is 1. The lowest BCUT2D eigenvalue weighted by molar-refractivity contribution is 0.440. The minimum atomic E-state index is -0.239. The SMILES string of the molecule is CCc1ccc(CN[C@H](c2ccc(F)cc2)c2cccnc2)o1. The summed E-state index contributed by atoms with van der Waals surface area (Å²) in [6, 6.07) is 14.3. The molecule has 1 aromatic carbocycles. The number of halogens is 1. The van der Waals surface area contributed by atoms with Crippen LogP contribution in [0.5, 0.6) is 0 Å². The number of hydrogen-bond acceptors (Lipinski definition) is 3. The topological polar surface area (TPSA) is 38.1 Å². The third-order valence-corrected chi connectivity index (χ3v) is 3.77. The van der Waals surface area contributed by atoms with Gasteiger partial charge in [-0.15, -0.1) is 0 Å². The van der Waals surface area contributed by atoms with Gasteiger partial charge in [0, 0.05) is 18.8 Å². The van der Waals surface area contributed by atoms with Crippen LogP contribution in [0.1, 0.15) is 35.6 Å². The Labute approximate surface area is 135 Å². The molecule has 0 saturated carbocycles. The Morgan fingerprint density at radius 3 is 2.48 bits per heavy atom. The summed E-state index contributed by atoms with van der Waals surface area (Å²) in [5, 5.41) is 3.47. The number of rotatable bonds is 6. The Morgan fingerprint density at radius 2 is 1.83 bits per heavy atom. The molecule has 0 aliphatic heterocycles. The summed E-state index contributed by atoms with van der Waals surface area (Å²) in [5.74, 6) is 1.62. The molecule has 0 fully saturated rings. The van der Waals surface area contributed by atoms with Crippen molar-refractivity contribution in [3.05, 3.63) is 89.4 Å². The molecule has 0 unspecified atom stereocenters. The zero-order valence-corrected chi connectivity index (χ0v) is 13.0. The second-order valence-electron chi connectivity index (χ2n) is 5.37. The first kappa shape index (κ1) is 15.4. The van der Waals surface area contributed by atoms with Crippen molar-refractivity contribution in [2.24, 2.45) is 0 Å². The fourth-order valence-corrected chi connectivity index (χ4v) is 2.54. The Balaban J connectivity index is 1.81. The molecule has 0 aliphatic carbocycles. The molecular formula is C19H19FN2O. The van der Waals surface area contributed by atoms with Gasteiger partial charge in [-0.25, -0.2) is 4.39 Å². The van der Waals surface area contributed by atoms with Crippen LogP contribution in [-0.2, 0) is 13.0 Å². The molecule has 0 radical (unpaired) electrons. The minimum absolute atomic E-state index is 0.0699. The summed E-state index contributed by atoms with van der Waals surface area (Å²) >= 11 is 0. The van der Waals surface area contributed by atoms with Gasteiger partial charge in [0.05, 0.1) is 12.6 Å². The molecular weight excluding hydrogens is 291 g/mol. The van der Waals surface area contributed by atoms with Crippen LogP contribution < -0.4 is 5.32 Å². The average Bonchev–Trinajstić information content (AvgIpc) is 3.06. The van der Waals surface area contributed by atoms with Crippen LogP contribution in [0.4, 0.5) is 4.39 Å². The van der Waals surface area contributed by atoms with E-state index in [1.165, 1.54) is 12.1 Å². The highest BCUT2D eigenvalue weighted by Crippen LogP contribution is 2.22. The van der Waals surface area contributed by atoms with Crippen molar-refractivity contribution in [3.63, 3.8) is 0 Å². The molecule has 3 rings (SSSR count). The highest BCUT2D eigenvalue weighted by Gasteiger charge is 2.14. The minimum Gasteiger partial charge on any atom is -0.465 e. The third kappa shape index (κ3) is 3.85. The summed E-state index contributed by atoms with van der Waals surface area (Å²) < 4.78 is 18.9. The van der Waals surface area contributed by atoms with Crippen molar-refractivity contribution < 1.29 is 8.81 Å². The van der Waals surface area contributed by atoms with Crippen LogP contribution in [0.15, 0.2) is 65.3 Å². The fourth-order valence-electron chi connectivity index (χ4n) is 2.54. The van der Waals surface area contributed by atoms with Crippen molar-refractivity contribution in [2.75, 3.05) is 0 Å². The maximum Gasteiger partial charge on any atom is 0.123 e. The third-order valence-electron chi connectivity index (χ3n) is 3.77. The normalized spacial score (nSPS) is 12.3. The van der Waals surface area contributed by atoms with Crippen molar-refractivity contribution >= 4 is 0 Å². The first-order valence-electron chi connectivity index (χ1n) is 7.72. The number of benzene rings is 1. The smallest absolute Gasteiger partial charge is 0.123 e. The molecule has 3 nitrogen and oxygen atoms in total. The molecule has 1 atom stereocenters. The fraction of sp³-hybridized carbons (Fsp3) is 0.211. The van der Waals surface area contributed by atoms with E-state index in [1.54, 1.807) is 18.3 Å². The van der Waals surface area contributed by atoms with E-state index in [1.807, 2.05) is 30.5 Å². The highest BCUT2D eigenvalue weighted by atomic mass is 19.1. The van der Waals surface area contributed by atoms with Gasteiger partial charge in [0.1, 0.15) is 17.3 Å². The highest BCUT2D eigenvalue weighted by molar-refractivity contribution is 5.30. The van der Waals surface area contributed by atoms with Gasteiger partial charge in [-0.2, -0.15) is 0 Å². The van der Waals surface area contributed by atoms with E-state index in [9.17, 15) is 4.39 Å². The number of aromatic nitrogens is 1. The summed E-state index contributed by atoms with van der Waals surface area (Å²) in [4.78, 5) is 4.18. The molecule has 0 saturated heterocycles. The Kier molecular flexibility index (Phi) is 4.83. The summed E-state index contributed by atoms with van der Waals surface area (Å²) in [5.41, 5.74) is 2.02. The number of hydrogen-bond donors (Lipinski definition) is 1. The summed E-state index contributed by atoms with van der Waals surface area (Å²) in [6.45, 7) is 2.66. The maximum absolute atomic E-state index is 13.2. The molecule has 0 bridgehead atoms. The van der Waals surface area contributed by atoms with E-state index < -0.39 is 0 Å². The van der Waals surface area contributed by atoms with Gasteiger partial charge in [0.25, 0.3) is 0 Å². The molecule has 23 heavy (non-hydrogen) atoms. The summed E-state index contributed by atoms with van der Waals surface area (Å²) in [7, 11) is 0. The molecule has 3 aromatic rings. The van der Waals surface area contributed by atoms with E-state index in [-0.39, 0.29) is 11.9 Å². The molecule has 4 heteroatoms. The van der Waals surface area contributed by atoms with Crippen molar-refractivity contribution in [3.8, 4) is 0 Å². The van der Waals surface area contributed by atoms with Gasteiger partial charge >= 0.3 is 0 Å². The molecule has 0 amide bonds. The van der Waals surface area contributed by atoms with Crippen LogP contribution in [-0.4, -0.2) is 4.98 Å². The van der Waals surface area contributed by atoms with E-state index >= 15 is 0 Å². The van der Waals surface area contributed by atoms with Gasteiger partial charge in [-0.3, -0.25) is 10.3 Å². The molecule has 0 aliphatic rings. The van der Waals surface area contributed by atoms with Crippen molar-refractivity contribution in [1.82, 2.24) is 10.3 Å². The van der Waals surface area contributed by atoms with Gasteiger partial charge in [0.2, 0.25) is 0 Å². The largest absolute Gasteiger partial charge is 0.465 e. The van der Waals surface area contributed by atoms with E-state index in [0.717, 1.165) is 29.1 Å². The van der Waals surface area contributed by atoms with Gasteiger partial charge < -0.3 is 4.42 Å². The van der Waals surface area contributed by atoms with Gasteiger partial charge in [0.15, 0.2) is 0 Å². The average molecular weight is 310 g/mol. The van der Waals surface area contributed by atoms with Gasteiger partial charge in [-0.05, 0) is 41.5 Å². The molecule has 1 N–H and O–H groups in total. The lowest BCUT2D eigenvalue weighted by Crippen LogP contribution is -2.22. The zero-order valence-electron chi connectivity index (χ0n) is 13.0. The Morgan fingerprint density at radius 1 is 1.04 bits per heavy atom. The van der Waals surface area contributed by atoms with Crippen LogP contribution >= 0.6 is 0 Å². The number of nitrogens with zero attached hydrogens (tertiary/aromatic N) is 1. The second-order valence-corrected chi connectivity index (χ2v) is 5.37. The lowest BCUT2D eigenvalue weighted by atomic mass is 10.00. The predicted molar refractivity (Wildman–Crippen MR) is 87.4 cm³/mol. The Hall–Kier alpha value is -2.46. The second kappa shape index (κ2) is 7.20. The van der Waals surface area contributed by atoms with Crippen LogP contribution in [0.2, 0.25) is 0 Å². The van der Waals surface area contributed by atoms with E-state index in [2.05, 4.69) is 17.2 Å². The number of furan rings is 1. The molecule has 0 spiro atoms.